The van der Waals surface area contributed by atoms with Gasteiger partial charge in [-0.25, -0.2) is 13.1 Å². The highest BCUT2D eigenvalue weighted by molar-refractivity contribution is 7.89. The number of nitrogens with two attached hydrogens (primary N) is 1. The zero-order valence-electron chi connectivity index (χ0n) is 10.4. The summed E-state index contributed by atoms with van der Waals surface area (Å²) >= 11 is 5.90. The van der Waals surface area contributed by atoms with Crippen molar-refractivity contribution in [3.8, 4) is 0 Å². The van der Waals surface area contributed by atoms with Gasteiger partial charge >= 0.3 is 0 Å². The second kappa shape index (κ2) is 6.31. The SMILES string of the molecule is NCc1cc(S(=O)(=O)NCCc2ncon2)ccc1Cl. The summed E-state index contributed by atoms with van der Waals surface area (Å²) in [5.41, 5.74) is 6.08. The molecule has 0 aliphatic carbocycles. The fraction of sp³-hybridized carbons (Fsp3) is 0.273. The normalized spacial score (nSPS) is 11.7. The second-order valence-electron chi connectivity index (χ2n) is 3.95. The Bertz CT molecular complexity index is 673. The highest BCUT2D eigenvalue weighted by Gasteiger charge is 2.15. The molecule has 1 aromatic heterocycles. The molecule has 2 aromatic rings. The second-order valence-corrected chi connectivity index (χ2v) is 6.13. The predicted molar refractivity (Wildman–Crippen MR) is 72.5 cm³/mol. The summed E-state index contributed by atoms with van der Waals surface area (Å²) in [5, 5.41) is 4.04. The van der Waals surface area contributed by atoms with Crippen molar-refractivity contribution in [2.24, 2.45) is 5.73 Å². The van der Waals surface area contributed by atoms with E-state index in [1.165, 1.54) is 24.6 Å². The zero-order valence-corrected chi connectivity index (χ0v) is 12.0. The number of hydrogen-bond acceptors (Lipinski definition) is 6. The Labute approximate surface area is 121 Å². The van der Waals surface area contributed by atoms with Gasteiger partial charge in [0.2, 0.25) is 16.4 Å². The molecule has 108 valence electrons. The van der Waals surface area contributed by atoms with Gasteiger partial charge in [-0.15, -0.1) is 0 Å². The van der Waals surface area contributed by atoms with Crippen LogP contribution in [0, 0.1) is 0 Å². The van der Waals surface area contributed by atoms with E-state index in [0.717, 1.165) is 0 Å². The van der Waals surface area contributed by atoms with Gasteiger partial charge in [-0.1, -0.05) is 16.8 Å². The number of rotatable bonds is 6. The first kappa shape index (κ1) is 14.9. The average Bonchev–Trinajstić information content (AvgIpc) is 2.92. The Morgan fingerprint density at radius 2 is 2.20 bits per heavy atom. The Morgan fingerprint density at radius 3 is 2.85 bits per heavy atom. The molecule has 0 bridgehead atoms. The van der Waals surface area contributed by atoms with Crippen LogP contribution in [0.3, 0.4) is 0 Å². The molecule has 3 N–H and O–H groups in total. The number of nitrogens with zero attached hydrogens (tertiary/aromatic N) is 2. The molecule has 0 aliphatic rings. The molecule has 0 fully saturated rings. The molecule has 0 saturated heterocycles. The number of halogens is 1. The third-order valence-corrected chi connectivity index (χ3v) is 4.42. The molecular formula is C11H13ClN4O3S. The van der Waals surface area contributed by atoms with Crippen molar-refractivity contribution in [2.45, 2.75) is 17.9 Å². The van der Waals surface area contributed by atoms with E-state index in [2.05, 4.69) is 19.4 Å². The molecule has 0 amide bonds. The summed E-state index contributed by atoms with van der Waals surface area (Å²) < 4.78 is 31.2. The van der Waals surface area contributed by atoms with Gasteiger partial charge in [0, 0.05) is 24.5 Å². The Morgan fingerprint density at radius 1 is 1.40 bits per heavy atom. The molecule has 9 heteroatoms. The van der Waals surface area contributed by atoms with E-state index in [0.29, 0.717) is 22.8 Å². The van der Waals surface area contributed by atoms with E-state index < -0.39 is 10.0 Å². The van der Waals surface area contributed by atoms with Gasteiger partial charge in [0.25, 0.3) is 0 Å². The van der Waals surface area contributed by atoms with Crippen LogP contribution in [0.1, 0.15) is 11.4 Å². The van der Waals surface area contributed by atoms with Gasteiger partial charge in [-0.2, -0.15) is 4.98 Å². The first-order valence-corrected chi connectivity index (χ1v) is 7.62. The highest BCUT2D eigenvalue weighted by atomic mass is 35.5. The van der Waals surface area contributed by atoms with Gasteiger partial charge in [-0.05, 0) is 23.8 Å². The van der Waals surface area contributed by atoms with Crippen molar-refractivity contribution >= 4 is 21.6 Å². The minimum absolute atomic E-state index is 0.121. The molecule has 0 aliphatic heterocycles. The fourth-order valence-electron chi connectivity index (χ4n) is 1.56. The first-order valence-electron chi connectivity index (χ1n) is 5.76. The van der Waals surface area contributed by atoms with Crippen LogP contribution < -0.4 is 10.5 Å². The topological polar surface area (TPSA) is 111 Å². The summed E-state index contributed by atoms with van der Waals surface area (Å²) in [5.74, 6) is 0.437. The lowest BCUT2D eigenvalue weighted by Crippen LogP contribution is -2.26. The van der Waals surface area contributed by atoms with Crippen LogP contribution in [0.5, 0.6) is 0 Å². The highest BCUT2D eigenvalue weighted by Crippen LogP contribution is 2.19. The molecule has 0 saturated carbocycles. The quantitative estimate of drug-likeness (QED) is 0.811. The smallest absolute Gasteiger partial charge is 0.240 e. The average molecular weight is 317 g/mol. The van der Waals surface area contributed by atoms with Crippen molar-refractivity contribution in [3.05, 3.63) is 41.0 Å². The van der Waals surface area contributed by atoms with Crippen LogP contribution in [-0.2, 0) is 23.0 Å². The molecule has 0 atom stereocenters. The summed E-state index contributed by atoms with van der Waals surface area (Å²) in [6.45, 7) is 0.341. The molecular weight excluding hydrogens is 304 g/mol. The molecule has 2 rings (SSSR count). The minimum Gasteiger partial charge on any atom is -0.343 e. The summed E-state index contributed by atoms with van der Waals surface area (Å²) in [4.78, 5) is 3.92. The monoisotopic (exact) mass is 316 g/mol. The van der Waals surface area contributed by atoms with Crippen molar-refractivity contribution in [1.82, 2.24) is 14.9 Å². The van der Waals surface area contributed by atoms with E-state index in [-0.39, 0.29) is 18.0 Å². The third-order valence-electron chi connectivity index (χ3n) is 2.60. The van der Waals surface area contributed by atoms with E-state index >= 15 is 0 Å². The number of nitrogens with one attached hydrogen (secondary N) is 1. The Kier molecular flexibility index (Phi) is 4.71. The van der Waals surface area contributed by atoms with Crippen LogP contribution >= 0.6 is 11.6 Å². The van der Waals surface area contributed by atoms with Crippen molar-refractivity contribution in [1.29, 1.82) is 0 Å². The third kappa shape index (κ3) is 3.54. The van der Waals surface area contributed by atoms with E-state index in [1.807, 2.05) is 0 Å². The number of hydrogen-bond donors (Lipinski definition) is 2. The van der Waals surface area contributed by atoms with Crippen molar-refractivity contribution in [2.75, 3.05) is 6.54 Å². The molecule has 0 unspecified atom stereocenters. The maximum Gasteiger partial charge on any atom is 0.240 e. The van der Waals surface area contributed by atoms with Crippen LogP contribution in [-0.4, -0.2) is 25.1 Å². The van der Waals surface area contributed by atoms with Crippen molar-refractivity contribution in [3.63, 3.8) is 0 Å². The largest absolute Gasteiger partial charge is 0.343 e. The maximum atomic E-state index is 12.1. The van der Waals surface area contributed by atoms with E-state index in [9.17, 15) is 8.42 Å². The standard InChI is InChI=1S/C11H13ClN4O3S/c12-10-2-1-9(5-8(10)6-13)20(17,18)15-4-3-11-14-7-19-16-11/h1-2,5,7,15H,3-4,6,13H2. The lowest BCUT2D eigenvalue weighted by atomic mass is 10.2. The molecule has 7 nitrogen and oxygen atoms in total. The Balaban J connectivity index is 2.06. The van der Waals surface area contributed by atoms with Gasteiger partial charge in [0.1, 0.15) is 0 Å². The van der Waals surface area contributed by atoms with Crippen LogP contribution in [0.25, 0.3) is 0 Å². The zero-order chi connectivity index (χ0) is 14.6. The number of sulfonamides is 1. The van der Waals surface area contributed by atoms with E-state index in [1.54, 1.807) is 0 Å². The van der Waals surface area contributed by atoms with Crippen molar-refractivity contribution < 1.29 is 12.9 Å². The number of aromatic nitrogens is 2. The van der Waals surface area contributed by atoms with Crippen LogP contribution in [0.15, 0.2) is 34.0 Å². The summed E-state index contributed by atoms with van der Waals surface area (Å²) in [6, 6.07) is 4.40. The summed E-state index contributed by atoms with van der Waals surface area (Å²) in [7, 11) is -3.61. The molecule has 0 spiro atoms. The van der Waals surface area contributed by atoms with Gasteiger partial charge in [0.05, 0.1) is 4.90 Å². The lowest BCUT2D eigenvalue weighted by molar-refractivity contribution is 0.410. The first-order chi connectivity index (χ1) is 9.53. The Hall–Kier alpha value is -1.48. The minimum atomic E-state index is -3.61. The molecule has 0 radical (unpaired) electrons. The van der Waals surface area contributed by atoms with Crippen LogP contribution in [0.2, 0.25) is 5.02 Å². The molecule has 1 aromatic carbocycles. The number of benzene rings is 1. The molecule has 1 heterocycles. The predicted octanol–water partition coefficient (Wildman–Crippen LogP) is 0.703. The summed E-state index contributed by atoms with van der Waals surface area (Å²) in [6.07, 6.45) is 1.53. The van der Waals surface area contributed by atoms with Gasteiger partial charge in [0.15, 0.2) is 5.82 Å². The maximum absolute atomic E-state index is 12.1. The lowest BCUT2D eigenvalue weighted by Gasteiger charge is -2.08. The molecule has 20 heavy (non-hydrogen) atoms. The van der Waals surface area contributed by atoms with Gasteiger partial charge < -0.3 is 10.3 Å². The fourth-order valence-corrected chi connectivity index (χ4v) is 2.83. The van der Waals surface area contributed by atoms with E-state index in [4.69, 9.17) is 17.3 Å². The van der Waals surface area contributed by atoms with Gasteiger partial charge in [-0.3, -0.25) is 0 Å². The van der Waals surface area contributed by atoms with Crippen LogP contribution in [0.4, 0.5) is 0 Å².